The first-order valence-electron chi connectivity index (χ1n) is 3.77. The number of hydrogen-bond acceptors (Lipinski definition) is 3. The normalized spacial score (nSPS) is 9.31. The third-order valence-electron chi connectivity index (χ3n) is 1.49. The highest BCUT2D eigenvalue weighted by Gasteiger charge is 2.06. The molecule has 3 N–H and O–H groups in total. The number of amides is 1. The lowest BCUT2D eigenvalue weighted by molar-refractivity contribution is -0.133. The van der Waals surface area contributed by atoms with E-state index in [4.69, 9.17) is 5.73 Å². The van der Waals surface area contributed by atoms with Crippen LogP contribution in [0.1, 0.15) is 6.92 Å². The summed E-state index contributed by atoms with van der Waals surface area (Å²) in [5.41, 5.74) is 6.61. The van der Waals surface area contributed by atoms with Gasteiger partial charge in [-0.1, -0.05) is 0 Å². The highest BCUT2D eigenvalue weighted by molar-refractivity contribution is 6.39. The van der Waals surface area contributed by atoms with Crippen LogP contribution in [0.15, 0.2) is 24.3 Å². The number of anilines is 2. The molecule has 0 saturated carbocycles. The Morgan fingerprint density at radius 1 is 1.23 bits per heavy atom. The molecule has 1 amide bonds. The lowest BCUT2D eigenvalue weighted by atomic mass is 10.3. The Labute approximate surface area is 75.7 Å². The van der Waals surface area contributed by atoms with Crippen molar-refractivity contribution < 1.29 is 9.59 Å². The molecule has 13 heavy (non-hydrogen) atoms. The minimum Gasteiger partial charge on any atom is -0.399 e. The van der Waals surface area contributed by atoms with Crippen molar-refractivity contribution in [3.05, 3.63) is 24.3 Å². The van der Waals surface area contributed by atoms with Crippen molar-refractivity contribution in [1.82, 2.24) is 0 Å². The van der Waals surface area contributed by atoms with E-state index in [1.807, 2.05) is 0 Å². The van der Waals surface area contributed by atoms with Gasteiger partial charge in [0.15, 0.2) is 0 Å². The van der Waals surface area contributed by atoms with Crippen LogP contribution in [0, 0.1) is 0 Å². The standard InChI is InChI=1S/C9H10N2O2/c1-6(12)9(13)11-8-4-2-7(10)3-5-8/h2-5H,10H2,1H3,(H,11,13). The number of benzene rings is 1. The Kier molecular flexibility index (Phi) is 2.64. The van der Waals surface area contributed by atoms with Gasteiger partial charge >= 0.3 is 0 Å². The lowest BCUT2D eigenvalue weighted by Crippen LogP contribution is -2.19. The third-order valence-corrected chi connectivity index (χ3v) is 1.49. The van der Waals surface area contributed by atoms with E-state index in [1.54, 1.807) is 24.3 Å². The zero-order valence-corrected chi connectivity index (χ0v) is 7.20. The van der Waals surface area contributed by atoms with Crippen LogP contribution < -0.4 is 11.1 Å². The SMILES string of the molecule is CC(=O)C(=O)Nc1ccc(N)cc1. The maximum atomic E-state index is 10.9. The van der Waals surface area contributed by atoms with E-state index < -0.39 is 11.7 Å². The summed E-state index contributed by atoms with van der Waals surface area (Å²) in [5, 5.41) is 2.42. The number of nitrogens with one attached hydrogen (secondary N) is 1. The number of Topliss-reactive ketones (excluding diaryl/α,β-unsaturated/α-hetero) is 1. The number of hydrogen-bond donors (Lipinski definition) is 2. The van der Waals surface area contributed by atoms with Gasteiger partial charge in [0, 0.05) is 18.3 Å². The fourth-order valence-corrected chi connectivity index (χ4v) is 0.786. The molecule has 0 atom stereocenters. The average molecular weight is 178 g/mol. The minimum atomic E-state index is -0.621. The zero-order valence-electron chi connectivity index (χ0n) is 7.20. The number of nitrogens with two attached hydrogens (primary N) is 1. The highest BCUT2D eigenvalue weighted by atomic mass is 16.2. The smallest absolute Gasteiger partial charge is 0.291 e. The Hall–Kier alpha value is -1.84. The van der Waals surface area contributed by atoms with Crippen LogP contribution in [0.25, 0.3) is 0 Å². The Bertz CT molecular complexity index is 330. The van der Waals surface area contributed by atoms with Crippen molar-refractivity contribution in [2.75, 3.05) is 11.1 Å². The van der Waals surface area contributed by atoms with Gasteiger partial charge in [-0.05, 0) is 24.3 Å². The molecule has 1 aromatic rings. The van der Waals surface area contributed by atoms with Crippen molar-refractivity contribution >= 4 is 23.1 Å². The number of ketones is 1. The first-order valence-corrected chi connectivity index (χ1v) is 3.77. The summed E-state index contributed by atoms with van der Waals surface area (Å²) >= 11 is 0. The van der Waals surface area contributed by atoms with Crippen molar-refractivity contribution in [3.8, 4) is 0 Å². The van der Waals surface area contributed by atoms with E-state index in [2.05, 4.69) is 5.32 Å². The predicted molar refractivity (Wildman–Crippen MR) is 50.2 cm³/mol. The number of rotatable bonds is 2. The molecule has 68 valence electrons. The second-order valence-electron chi connectivity index (χ2n) is 2.63. The summed E-state index contributed by atoms with van der Waals surface area (Å²) in [5.74, 6) is -1.14. The second-order valence-corrected chi connectivity index (χ2v) is 2.63. The maximum Gasteiger partial charge on any atom is 0.291 e. The molecule has 0 fully saturated rings. The molecule has 0 radical (unpaired) electrons. The quantitative estimate of drug-likeness (QED) is 0.519. The van der Waals surface area contributed by atoms with E-state index in [0.717, 1.165) is 0 Å². The van der Waals surface area contributed by atoms with Crippen LogP contribution in [-0.4, -0.2) is 11.7 Å². The summed E-state index contributed by atoms with van der Waals surface area (Å²) < 4.78 is 0. The molecule has 0 saturated heterocycles. The fourth-order valence-electron chi connectivity index (χ4n) is 0.786. The van der Waals surface area contributed by atoms with Gasteiger partial charge in [-0.3, -0.25) is 9.59 Å². The van der Waals surface area contributed by atoms with E-state index in [1.165, 1.54) is 6.92 Å². The van der Waals surface area contributed by atoms with Crippen molar-refractivity contribution in [3.63, 3.8) is 0 Å². The van der Waals surface area contributed by atoms with Gasteiger partial charge in [0.25, 0.3) is 5.91 Å². The van der Waals surface area contributed by atoms with Crippen molar-refractivity contribution in [2.24, 2.45) is 0 Å². The monoisotopic (exact) mass is 178 g/mol. The summed E-state index contributed by atoms with van der Waals surface area (Å²) in [6.45, 7) is 1.21. The molecular formula is C9H10N2O2. The van der Waals surface area contributed by atoms with Crippen LogP contribution in [-0.2, 0) is 9.59 Å². The van der Waals surface area contributed by atoms with Crippen LogP contribution in [0.4, 0.5) is 11.4 Å². The maximum absolute atomic E-state index is 10.9. The predicted octanol–water partition coefficient (Wildman–Crippen LogP) is 0.796. The van der Waals surface area contributed by atoms with Crippen LogP contribution in [0.3, 0.4) is 0 Å². The first kappa shape index (κ1) is 9.25. The van der Waals surface area contributed by atoms with E-state index in [0.29, 0.717) is 11.4 Å². The average Bonchev–Trinajstić information content (AvgIpc) is 2.08. The summed E-state index contributed by atoms with van der Waals surface area (Å²) in [6.07, 6.45) is 0. The molecule has 0 heterocycles. The number of carbonyl (C=O) groups is 2. The van der Waals surface area contributed by atoms with Gasteiger partial charge in [0.1, 0.15) is 0 Å². The molecule has 0 aliphatic carbocycles. The fraction of sp³-hybridized carbons (Fsp3) is 0.111. The number of nitrogen functional groups attached to an aromatic ring is 1. The van der Waals surface area contributed by atoms with Gasteiger partial charge in [0.2, 0.25) is 5.78 Å². The summed E-state index contributed by atoms with van der Waals surface area (Å²) in [4.78, 5) is 21.5. The molecular weight excluding hydrogens is 168 g/mol. The van der Waals surface area contributed by atoms with Crippen LogP contribution >= 0.6 is 0 Å². The second kappa shape index (κ2) is 3.71. The Balaban J connectivity index is 2.70. The molecule has 0 aliphatic rings. The summed E-state index contributed by atoms with van der Waals surface area (Å²) in [7, 11) is 0. The molecule has 0 spiro atoms. The van der Waals surface area contributed by atoms with Crippen molar-refractivity contribution in [2.45, 2.75) is 6.92 Å². The summed E-state index contributed by atoms with van der Waals surface area (Å²) in [6, 6.07) is 6.57. The Morgan fingerprint density at radius 3 is 2.23 bits per heavy atom. The van der Waals surface area contributed by atoms with Gasteiger partial charge < -0.3 is 11.1 Å². The van der Waals surface area contributed by atoms with Gasteiger partial charge in [0.05, 0.1) is 0 Å². The number of carbonyl (C=O) groups excluding carboxylic acids is 2. The van der Waals surface area contributed by atoms with E-state index >= 15 is 0 Å². The molecule has 0 aromatic heterocycles. The molecule has 0 unspecified atom stereocenters. The van der Waals surface area contributed by atoms with Gasteiger partial charge in [-0.25, -0.2) is 0 Å². The van der Waals surface area contributed by atoms with E-state index in [9.17, 15) is 9.59 Å². The highest BCUT2D eigenvalue weighted by Crippen LogP contribution is 2.09. The Morgan fingerprint density at radius 2 is 1.77 bits per heavy atom. The molecule has 0 aliphatic heterocycles. The molecule has 1 rings (SSSR count). The molecule has 0 bridgehead atoms. The van der Waals surface area contributed by atoms with E-state index in [-0.39, 0.29) is 0 Å². The van der Waals surface area contributed by atoms with Gasteiger partial charge in [-0.15, -0.1) is 0 Å². The third kappa shape index (κ3) is 2.59. The molecule has 1 aromatic carbocycles. The molecule has 4 heteroatoms. The minimum absolute atomic E-state index is 0.517. The van der Waals surface area contributed by atoms with Crippen LogP contribution in [0.5, 0.6) is 0 Å². The first-order chi connectivity index (χ1) is 6.09. The topological polar surface area (TPSA) is 72.2 Å². The zero-order chi connectivity index (χ0) is 9.84. The lowest BCUT2D eigenvalue weighted by Gasteiger charge is -2.01. The molecule has 4 nitrogen and oxygen atoms in total. The van der Waals surface area contributed by atoms with Crippen LogP contribution in [0.2, 0.25) is 0 Å². The largest absolute Gasteiger partial charge is 0.399 e. The van der Waals surface area contributed by atoms with Crippen molar-refractivity contribution in [1.29, 1.82) is 0 Å². The van der Waals surface area contributed by atoms with Gasteiger partial charge in [-0.2, -0.15) is 0 Å².